The number of benzene rings is 1. The Bertz CT molecular complexity index is 495. The van der Waals surface area contributed by atoms with Gasteiger partial charge in [-0.3, -0.25) is 0 Å². The molecule has 0 aromatic heterocycles. The van der Waals surface area contributed by atoms with Crippen molar-refractivity contribution in [3.05, 3.63) is 17.7 Å². The van der Waals surface area contributed by atoms with Gasteiger partial charge in [0.1, 0.15) is 4.99 Å². The number of methoxy groups -OCH3 is 3. The molecule has 0 spiro atoms. The minimum absolute atomic E-state index is 0. The van der Waals surface area contributed by atoms with Gasteiger partial charge in [0.2, 0.25) is 5.75 Å². The van der Waals surface area contributed by atoms with Crippen LogP contribution in [0.3, 0.4) is 0 Å². The lowest BCUT2D eigenvalue weighted by Gasteiger charge is -2.34. The molecule has 0 N–H and O–H groups in total. The average Bonchev–Trinajstić information content (AvgIpc) is 2.53. The van der Waals surface area contributed by atoms with E-state index in [1.807, 2.05) is 12.1 Å². The zero-order chi connectivity index (χ0) is 15.4. The molecular weight excluding hydrogens is 324 g/mol. The Kier molecular flexibility index (Phi) is 7.19. The first kappa shape index (κ1) is 18.8. The summed E-state index contributed by atoms with van der Waals surface area (Å²) in [5.41, 5.74) is 0.920. The zero-order valence-corrected chi connectivity index (χ0v) is 15.1. The van der Waals surface area contributed by atoms with E-state index in [1.165, 1.54) is 0 Å². The predicted molar refractivity (Wildman–Crippen MR) is 94.1 cm³/mol. The topological polar surface area (TPSA) is 34.2 Å². The largest absolute Gasteiger partial charge is 0.493 e. The van der Waals surface area contributed by atoms with Crippen LogP contribution in [0.25, 0.3) is 0 Å². The van der Waals surface area contributed by atoms with E-state index in [4.69, 9.17) is 26.4 Å². The quantitative estimate of drug-likeness (QED) is 0.776. The average molecular weight is 347 g/mol. The SMILES string of the molecule is COc1cc(C(=S)N2CCN(C)CC2)cc(OC)c1OC.Cl. The lowest BCUT2D eigenvalue weighted by Crippen LogP contribution is -2.46. The first-order valence-corrected chi connectivity index (χ1v) is 7.29. The molecule has 22 heavy (non-hydrogen) atoms. The van der Waals surface area contributed by atoms with Crippen LogP contribution in [0.15, 0.2) is 12.1 Å². The Labute approximate surface area is 143 Å². The third-order valence-electron chi connectivity index (χ3n) is 3.70. The van der Waals surface area contributed by atoms with Crippen molar-refractivity contribution in [2.24, 2.45) is 0 Å². The van der Waals surface area contributed by atoms with Crippen LogP contribution in [-0.4, -0.2) is 69.3 Å². The van der Waals surface area contributed by atoms with Gasteiger partial charge < -0.3 is 24.0 Å². The number of rotatable bonds is 4. The Morgan fingerprint density at radius 1 is 0.955 bits per heavy atom. The first-order valence-electron chi connectivity index (χ1n) is 6.88. The summed E-state index contributed by atoms with van der Waals surface area (Å²) in [6.45, 7) is 3.91. The summed E-state index contributed by atoms with van der Waals surface area (Å²) in [7, 11) is 6.94. The van der Waals surface area contributed by atoms with Gasteiger partial charge in [-0.05, 0) is 19.2 Å². The molecule has 0 bridgehead atoms. The smallest absolute Gasteiger partial charge is 0.203 e. The zero-order valence-electron chi connectivity index (χ0n) is 13.4. The van der Waals surface area contributed by atoms with Gasteiger partial charge in [-0.1, -0.05) is 12.2 Å². The number of hydrogen-bond acceptors (Lipinski definition) is 5. The highest BCUT2D eigenvalue weighted by molar-refractivity contribution is 7.80. The second kappa shape index (κ2) is 8.41. The van der Waals surface area contributed by atoms with Crippen molar-refractivity contribution in [1.29, 1.82) is 0 Å². The lowest BCUT2D eigenvalue weighted by atomic mass is 10.1. The van der Waals surface area contributed by atoms with Crippen molar-refractivity contribution in [3.63, 3.8) is 0 Å². The van der Waals surface area contributed by atoms with Crippen LogP contribution in [0, 0.1) is 0 Å². The molecule has 1 saturated heterocycles. The fourth-order valence-corrected chi connectivity index (χ4v) is 2.70. The maximum Gasteiger partial charge on any atom is 0.203 e. The van der Waals surface area contributed by atoms with E-state index < -0.39 is 0 Å². The molecule has 1 aromatic rings. The summed E-state index contributed by atoms with van der Waals surface area (Å²) in [6, 6.07) is 3.81. The third kappa shape index (κ3) is 3.94. The minimum Gasteiger partial charge on any atom is -0.493 e. The van der Waals surface area contributed by atoms with Gasteiger partial charge in [-0.2, -0.15) is 0 Å². The Morgan fingerprint density at radius 3 is 1.86 bits per heavy atom. The number of halogens is 1. The van der Waals surface area contributed by atoms with Crippen molar-refractivity contribution >= 4 is 29.6 Å². The van der Waals surface area contributed by atoms with Gasteiger partial charge in [0.15, 0.2) is 11.5 Å². The normalized spacial score (nSPS) is 15.0. The number of hydrogen-bond donors (Lipinski definition) is 0. The molecule has 1 heterocycles. The summed E-state index contributed by atoms with van der Waals surface area (Å²) in [6.07, 6.45) is 0. The number of nitrogens with zero attached hydrogens (tertiary/aromatic N) is 2. The van der Waals surface area contributed by atoms with Gasteiger partial charge in [0.05, 0.1) is 21.3 Å². The van der Waals surface area contributed by atoms with Gasteiger partial charge in [-0.15, -0.1) is 12.4 Å². The molecule has 0 aliphatic carbocycles. The number of piperazine rings is 1. The van der Waals surface area contributed by atoms with Crippen molar-refractivity contribution < 1.29 is 14.2 Å². The van der Waals surface area contributed by atoms with Crippen LogP contribution < -0.4 is 14.2 Å². The predicted octanol–water partition coefficient (Wildman–Crippen LogP) is 2.06. The molecule has 0 radical (unpaired) electrons. The molecule has 1 aliphatic rings. The van der Waals surface area contributed by atoms with Crippen LogP contribution in [-0.2, 0) is 0 Å². The van der Waals surface area contributed by atoms with Crippen LogP contribution in [0.1, 0.15) is 5.56 Å². The summed E-state index contributed by atoms with van der Waals surface area (Å²) in [5.74, 6) is 1.84. The Balaban J connectivity index is 0.00000242. The molecule has 2 rings (SSSR count). The Hall–Kier alpha value is -1.24. The van der Waals surface area contributed by atoms with Crippen LogP contribution in [0.5, 0.6) is 17.2 Å². The minimum atomic E-state index is 0. The van der Waals surface area contributed by atoms with Gasteiger partial charge >= 0.3 is 0 Å². The second-order valence-electron chi connectivity index (χ2n) is 5.01. The fourth-order valence-electron chi connectivity index (χ4n) is 2.40. The van der Waals surface area contributed by atoms with Crippen LogP contribution in [0.2, 0.25) is 0 Å². The number of thiocarbonyl (C=S) groups is 1. The summed E-state index contributed by atoms with van der Waals surface area (Å²) in [5, 5.41) is 0. The van der Waals surface area contributed by atoms with Crippen molar-refractivity contribution in [3.8, 4) is 17.2 Å². The third-order valence-corrected chi connectivity index (χ3v) is 4.20. The molecule has 0 saturated carbocycles. The molecule has 5 nitrogen and oxygen atoms in total. The van der Waals surface area contributed by atoms with Crippen molar-refractivity contribution in [2.75, 3.05) is 54.6 Å². The summed E-state index contributed by atoms with van der Waals surface area (Å²) >= 11 is 5.63. The van der Waals surface area contributed by atoms with E-state index in [2.05, 4.69) is 16.8 Å². The van der Waals surface area contributed by atoms with E-state index in [-0.39, 0.29) is 12.4 Å². The van der Waals surface area contributed by atoms with Gasteiger partial charge in [-0.25, -0.2) is 0 Å². The van der Waals surface area contributed by atoms with E-state index in [0.29, 0.717) is 17.2 Å². The summed E-state index contributed by atoms with van der Waals surface area (Å²) in [4.78, 5) is 5.34. The molecule has 0 unspecified atom stereocenters. The second-order valence-corrected chi connectivity index (χ2v) is 5.40. The van der Waals surface area contributed by atoms with Crippen molar-refractivity contribution in [1.82, 2.24) is 9.80 Å². The number of likely N-dealkylation sites (N-methyl/N-ethyl adjacent to an activating group) is 1. The van der Waals surface area contributed by atoms with E-state index >= 15 is 0 Å². The Morgan fingerprint density at radius 2 is 1.45 bits per heavy atom. The highest BCUT2D eigenvalue weighted by atomic mass is 35.5. The lowest BCUT2D eigenvalue weighted by molar-refractivity contribution is 0.218. The highest BCUT2D eigenvalue weighted by Gasteiger charge is 2.21. The molecule has 0 amide bonds. The molecule has 1 aromatic carbocycles. The standard InChI is InChI=1S/C15H22N2O3S.ClH/c1-16-5-7-17(8-6-16)15(21)11-9-12(18-2)14(20-4)13(10-11)19-3;/h9-10H,5-8H2,1-4H3;1H. The highest BCUT2D eigenvalue weighted by Crippen LogP contribution is 2.38. The maximum atomic E-state index is 5.63. The van der Waals surface area contributed by atoms with Gasteiger partial charge in [0, 0.05) is 31.7 Å². The molecule has 1 fully saturated rings. The van der Waals surface area contributed by atoms with E-state index in [1.54, 1.807) is 21.3 Å². The monoisotopic (exact) mass is 346 g/mol. The maximum absolute atomic E-state index is 5.63. The molecule has 1 aliphatic heterocycles. The van der Waals surface area contributed by atoms with Crippen molar-refractivity contribution in [2.45, 2.75) is 0 Å². The molecular formula is C15H23ClN2O3S. The van der Waals surface area contributed by atoms with E-state index in [9.17, 15) is 0 Å². The van der Waals surface area contributed by atoms with Gasteiger partial charge in [0.25, 0.3) is 0 Å². The molecule has 7 heteroatoms. The van der Waals surface area contributed by atoms with Crippen LogP contribution >= 0.6 is 24.6 Å². The van der Waals surface area contributed by atoms with E-state index in [0.717, 1.165) is 36.7 Å². The molecule has 0 atom stereocenters. The summed E-state index contributed by atoms with van der Waals surface area (Å²) < 4.78 is 16.1. The number of ether oxygens (including phenoxy) is 3. The fraction of sp³-hybridized carbons (Fsp3) is 0.533. The molecule has 124 valence electrons. The first-order chi connectivity index (χ1) is 10.1. The van der Waals surface area contributed by atoms with Crippen LogP contribution in [0.4, 0.5) is 0 Å².